The molecule has 35 heavy (non-hydrogen) atoms. The number of carbonyl (C=O) groups excluding carboxylic acids is 3. The van der Waals surface area contributed by atoms with Crippen molar-refractivity contribution in [3.05, 3.63) is 48.5 Å². The first kappa shape index (κ1) is 23.4. The van der Waals surface area contributed by atoms with E-state index >= 15 is 0 Å². The number of methoxy groups -OCH3 is 1. The van der Waals surface area contributed by atoms with Crippen molar-refractivity contribution in [3.63, 3.8) is 0 Å². The summed E-state index contributed by atoms with van der Waals surface area (Å²) in [5, 5.41) is 0.414. The lowest BCUT2D eigenvalue weighted by Gasteiger charge is -2.37. The maximum atomic E-state index is 13.5. The number of imide groups is 1. The molecule has 9 heteroatoms. The second kappa shape index (κ2) is 10.1. The minimum atomic E-state index is -0.801. The van der Waals surface area contributed by atoms with Crippen LogP contribution in [0.4, 0.5) is 5.69 Å². The Labute approximate surface area is 207 Å². The molecule has 1 aliphatic heterocycles. The molecule has 2 aromatic carbocycles. The quantitative estimate of drug-likeness (QED) is 0.355. The smallest absolute Gasteiger partial charge is 0.257 e. The van der Waals surface area contributed by atoms with Crippen molar-refractivity contribution in [2.24, 2.45) is 0 Å². The summed E-state index contributed by atoms with van der Waals surface area (Å²) in [6, 6.07) is 13.4. The lowest BCUT2D eigenvalue weighted by molar-refractivity contribution is -0.139. The number of nitrogens with zero attached hydrogens (tertiary/aromatic N) is 3. The number of fused-ring (bicyclic) bond motifs is 1. The van der Waals surface area contributed by atoms with Gasteiger partial charge in [-0.2, -0.15) is 0 Å². The number of carbonyl (C=O) groups is 3. The van der Waals surface area contributed by atoms with Crippen molar-refractivity contribution in [3.8, 4) is 5.75 Å². The fourth-order valence-electron chi connectivity index (χ4n) is 4.94. The van der Waals surface area contributed by atoms with Crippen molar-refractivity contribution in [2.75, 3.05) is 17.8 Å². The fourth-order valence-corrected chi connectivity index (χ4v) is 5.65. The lowest BCUT2D eigenvalue weighted by Crippen LogP contribution is -2.52. The number of hydrogen-bond donors (Lipinski definition) is 0. The Kier molecular flexibility index (Phi) is 6.77. The molecule has 0 spiro atoms. The van der Waals surface area contributed by atoms with Gasteiger partial charge in [0.2, 0.25) is 11.8 Å². The van der Waals surface area contributed by atoms with Crippen LogP contribution in [0.25, 0.3) is 11.1 Å². The van der Waals surface area contributed by atoms with E-state index in [4.69, 9.17) is 9.15 Å². The third-order valence-corrected chi connectivity index (χ3v) is 7.45. The Hall–Kier alpha value is -3.33. The van der Waals surface area contributed by atoms with E-state index < -0.39 is 6.04 Å². The molecule has 0 bridgehead atoms. The molecule has 2 fully saturated rings. The summed E-state index contributed by atoms with van der Waals surface area (Å²) in [7, 11) is 1.56. The highest BCUT2D eigenvalue weighted by molar-refractivity contribution is 7.99. The highest BCUT2D eigenvalue weighted by Gasteiger charge is 2.46. The molecule has 3 aromatic rings. The van der Waals surface area contributed by atoms with Crippen LogP contribution in [-0.2, 0) is 14.4 Å². The largest absolute Gasteiger partial charge is 0.497 e. The third kappa shape index (κ3) is 4.77. The maximum absolute atomic E-state index is 13.5. The van der Waals surface area contributed by atoms with Crippen LogP contribution < -0.4 is 9.64 Å². The SMILES string of the molecule is COc1ccc(N2C(=O)CC(N(C(=O)CSc3nc4ccccc4o3)C3CCCCC3)C2=O)cc1. The van der Waals surface area contributed by atoms with E-state index in [0.717, 1.165) is 37.6 Å². The fraction of sp³-hybridized carbons (Fsp3) is 0.385. The maximum Gasteiger partial charge on any atom is 0.257 e. The van der Waals surface area contributed by atoms with Crippen molar-refractivity contribution in [2.45, 2.75) is 55.8 Å². The van der Waals surface area contributed by atoms with E-state index in [-0.39, 0.29) is 35.9 Å². The van der Waals surface area contributed by atoms with Crippen molar-refractivity contribution in [1.29, 1.82) is 0 Å². The van der Waals surface area contributed by atoms with Gasteiger partial charge in [-0.25, -0.2) is 9.88 Å². The Morgan fingerprint density at radius 3 is 2.57 bits per heavy atom. The van der Waals surface area contributed by atoms with Gasteiger partial charge in [0.15, 0.2) is 5.58 Å². The molecule has 1 atom stereocenters. The summed E-state index contributed by atoms with van der Waals surface area (Å²) in [5.74, 6) is -0.105. The van der Waals surface area contributed by atoms with E-state index in [1.165, 1.54) is 16.7 Å². The third-order valence-electron chi connectivity index (χ3n) is 6.64. The predicted molar refractivity (Wildman–Crippen MR) is 132 cm³/mol. The van der Waals surface area contributed by atoms with Crippen molar-refractivity contribution >= 4 is 46.3 Å². The van der Waals surface area contributed by atoms with Gasteiger partial charge in [0.1, 0.15) is 17.3 Å². The molecule has 2 aliphatic rings. The second-order valence-corrected chi connectivity index (χ2v) is 9.74. The number of benzene rings is 2. The number of anilines is 1. The van der Waals surface area contributed by atoms with Crippen LogP contribution >= 0.6 is 11.8 Å². The number of hydrogen-bond acceptors (Lipinski definition) is 7. The Morgan fingerprint density at radius 2 is 1.86 bits per heavy atom. The van der Waals surface area contributed by atoms with E-state index in [0.29, 0.717) is 22.2 Å². The molecule has 1 unspecified atom stereocenters. The Balaban J connectivity index is 1.36. The number of ether oxygens (including phenoxy) is 1. The predicted octanol–water partition coefficient (Wildman–Crippen LogP) is 4.42. The zero-order valence-electron chi connectivity index (χ0n) is 19.5. The standard InChI is InChI=1S/C26H27N3O5S/c1-33-19-13-11-18(12-14-19)29-23(30)15-21(25(29)32)28(17-7-3-2-4-8-17)24(31)16-35-26-27-20-9-5-6-10-22(20)34-26/h5-6,9-14,17,21H,2-4,7-8,15-16H2,1H3. The van der Waals surface area contributed by atoms with Crippen LogP contribution in [0.5, 0.6) is 5.75 Å². The summed E-state index contributed by atoms with van der Waals surface area (Å²) in [5.41, 5.74) is 1.89. The molecule has 5 rings (SSSR count). The average Bonchev–Trinajstić information content (AvgIpc) is 3.43. The van der Waals surface area contributed by atoms with Crippen LogP contribution in [-0.4, -0.2) is 52.6 Å². The van der Waals surface area contributed by atoms with E-state index in [1.807, 2.05) is 24.3 Å². The molecule has 2 heterocycles. The minimum Gasteiger partial charge on any atom is -0.497 e. The monoisotopic (exact) mass is 493 g/mol. The van der Waals surface area contributed by atoms with Gasteiger partial charge in [-0.15, -0.1) is 0 Å². The first-order chi connectivity index (χ1) is 17.0. The number of thioether (sulfide) groups is 1. The summed E-state index contributed by atoms with van der Waals surface area (Å²) < 4.78 is 10.9. The van der Waals surface area contributed by atoms with Crippen LogP contribution in [0.3, 0.4) is 0 Å². The Bertz CT molecular complexity index is 1200. The molecule has 0 radical (unpaired) electrons. The van der Waals surface area contributed by atoms with Crippen LogP contribution in [0.15, 0.2) is 58.2 Å². The van der Waals surface area contributed by atoms with Crippen molar-refractivity contribution in [1.82, 2.24) is 9.88 Å². The van der Waals surface area contributed by atoms with Gasteiger partial charge >= 0.3 is 0 Å². The molecule has 1 saturated heterocycles. The molecular formula is C26H27N3O5S. The number of amides is 3. The van der Waals surface area contributed by atoms with Gasteiger partial charge in [0.25, 0.3) is 11.1 Å². The topological polar surface area (TPSA) is 92.9 Å². The van der Waals surface area contributed by atoms with Gasteiger partial charge < -0.3 is 14.1 Å². The number of rotatable bonds is 7. The molecule has 182 valence electrons. The van der Waals surface area contributed by atoms with Crippen LogP contribution in [0.2, 0.25) is 0 Å². The lowest BCUT2D eigenvalue weighted by atomic mass is 9.92. The first-order valence-electron chi connectivity index (χ1n) is 11.9. The van der Waals surface area contributed by atoms with Gasteiger partial charge in [-0.3, -0.25) is 14.4 Å². The number of aromatic nitrogens is 1. The summed E-state index contributed by atoms with van der Waals surface area (Å²) in [4.78, 5) is 47.3. The molecule has 1 aromatic heterocycles. The molecular weight excluding hydrogens is 466 g/mol. The number of oxazole rings is 1. The molecule has 1 aliphatic carbocycles. The minimum absolute atomic E-state index is 0.0132. The van der Waals surface area contributed by atoms with E-state index in [9.17, 15) is 14.4 Å². The molecule has 3 amide bonds. The van der Waals surface area contributed by atoms with Crippen LogP contribution in [0.1, 0.15) is 38.5 Å². The van der Waals surface area contributed by atoms with Gasteiger partial charge in [0, 0.05) is 6.04 Å². The second-order valence-electron chi connectivity index (χ2n) is 8.81. The summed E-state index contributed by atoms with van der Waals surface area (Å²) >= 11 is 1.22. The van der Waals surface area contributed by atoms with E-state index in [1.54, 1.807) is 36.3 Å². The highest BCUT2D eigenvalue weighted by atomic mass is 32.2. The molecule has 8 nitrogen and oxygen atoms in total. The van der Waals surface area contributed by atoms with Gasteiger partial charge in [0.05, 0.1) is 25.0 Å². The van der Waals surface area contributed by atoms with Crippen molar-refractivity contribution < 1.29 is 23.5 Å². The Morgan fingerprint density at radius 1 is 1.11 bits per heavy atom. The van der Waals surface area contributed by atoms with Gasteiger partial charge in [-0.1, -0.05) is 43.2 Å². The molecule has 0 N–H and O–H groups in total. The first-order valence-corrected chi connectivity index (χ1v) is 12.8. The van der Waals surface area contributed by atoms with Crippen LogP contribution in [0, 0.1) is 0 Å². The number of para-hydroxylation sites is 2. The normalized spacial score (nSPS) is 18.9. The average molecular weight is 494 g/mol. The van der Waals surface area contributed by atoms with Gasteiger partial charge in [-0.05, 0) is 49.2 Å². The molecule has 1 saturated carbocycles. The van der Waals surface area contributed by atoms with E-state index in [2.05, 4.69) is 4.98 Å². The highest BCUT2D eigenvalue weighted by Crippen LogP contribution is 2.33. The zero-order chi connectivity index (χ0) is 24.4. The summed E-state index contributed by atoms with van der Waals surface area (Å²) in [6.45, 7) is 0. The zero-order valence-corrected chi connectivity index (χ0v) is 20.3. The summed E-state index contributed by atoms with van der Waals surface area (Å²) in [6.07, 6.45) is 4.78.